The van der Waals surface area contributed by atoms with Crippen molar-refractivity contribution in [2.45, 2.75) is 12.8 Å². The van der Waals surface area contributed by atoms with Gasteiger partial charge >= 0.3 is 0 Å². The zero-order valence-corrected chi connectivity index (χ0v) is 11.5. The number of carbonyl (C=O) groups is 1. The molecule has 0 aliphatic rings. The Morgan fingerprint density at radius 3 is 2.42 bits per heavy atom. The molecule has 1 nitrogen and oxygen atoms in total. The Balaban J connectivity index is 2.05. The molecule has 0 saturated carbocycles. The van der Waals surface area contributed by atoms with E-state index in [-0.39, 0.29) is 18.6 Å². The minimum absolute atomic E-state index is 0.0511. The number of ketones is 1. The number of rotatable bonds is 4. The maximum Gasteiger partial charge on any atom is 0.141 e. The molecule has 0 bridgehead atoms. The lowest BCUT2D eigenvalue weighted by molar-refractivity contribution is -0.117. The van der Waals surface area contributed by atoms with Crippen molar-refractivity contribution >= 4 is 29.0 Å². The van der Waals surface area contributed by atoms with Gasteiger partial charge in [0.25, 0.3) is 0 Å². The fourth-order valence-corrected chi connectivity index (χ4v) is 2.19. The van der Waals surface area contributed by atoms with E-state index in [1.54, 1.807) is 24.3 Å². The van der Waals surface area contributed by atoms with Crippen LogP contribution in [-0.4, -0.2) is 5.78 Å². The summed E-state index contributed by atoms with van der Waals surface area (Å²) in [6.07, 6.45) is 0.290. The third kappa shape index (κ3) is 4.05. The Morgan fingerprint density at radius 2 is 1.74 bits per heavy atom. The van der Waals surface area contributed by atoms with Gasteiger partial charge in [-0.15, -0.1) is 0 Å². The smallest absolute Gasteiger partial charge is 0.141 e. The van der Waals surface area contributed by atoms with E-state index in [9.17, 15) is 9.18 Å². The Labute approximate surface area is 121 Å². The van der Waals surface area contributed by atoms with Crippen LogP contribution in [0.4, 0.5) is 4.39 Å². The van der Waals surface area contributed by atoms with Crippen molar-refractivity contribution in [1.82, 2.24) is 0 Å². The van der Waals surface area contributed by atoms with Gasteiger partial charge < -0.3 is 0 Å². The molecule has 0 N–H and O–H groups in total. The zero-order valence-electron chi connectivity index (χ0n) is 10.00. The van der Waals surface area contributed by atoms with Crippen molar-refractivity contribution in [3.05, 3.63) is 69.5 Å². The second-order valence-corrected chi connectivity index (χ2v) is 5.13. The van der Waals surface area contributed by atoms with E-state index >= 15 is 0 Å². The van der Waals surface area contributed by atoms with E-state index < -0.39 is 5.82 Å². The van der Waals surface area contributed by atoms with Gasteiger partial charge in [0, 0.05) is 22.9 Å². The molecule has 0 radical (unpaired) electrons. The number of Topliss-reactive ketones (excluding diaryl/α,β-unsaturated/α-hetero) is 1. The average molecular weight is 297 g/mol. The van der Waals surface area contributed by atoms with E-state index in [2.05, 4.69) is 0 Å². The first-order valence-corrected chi connectivity index (χ1v) is 6.50. The van der Waals surface area contributed by atoms with Gasteiger partial charge in [0.05, 0.1) is 0 Å². The van der Waals surface area contributed by atoms with Crippen molar-refractivity contribution < 1.29 is 9.18 Å². The fraction of sp³-hybridized carbons (Fsp3) is 0.133. The first kappa shape index (κ1) is 14.0. The van der Waals surface area contributed by atoms with E-state index in [1.165, 1.54) is 12.1 Å². The van der Waals surface area contributed by atoms with E-state index in [1.807, 2.05) is 6.07 Å². The van der Waals surface area contributed by atoms with Crippen LogP contribution in [0.15, 0.2) is 42.5 Å². The van der Waals surface area contributed by atoms with Gasteiger partial charge in [-0.05, 0) is 35.4 Å². The summed E-state index contributed by atoms with van der Waals surface area (Å²) in [6.45, 7) is 0. The highest BCUT2D eigenvalue weighted by Crippen LogP contribution is 2.16. The first-order chi connectivity index (χ1) is 9.04. The molecule has 4 heteroatoms. The molecule has 0 fully saturated rings. The van der Waals surface area contributed by atoms with E-state index in [0.717, 1.165) is 5.56 Å². The topological polar surface area (TPSA) is 17.1 Å². The highest BCUT2D eigenvalue weighted by Gasteiger charge is 2.09. The Morgan fingerprint density at radius 1 is 1.00 bits per heavy atom. The van der Waals surface area contributed by atoms with Gasteiger partial charge in [0.15, 0.2) is 0 Å². The van der Waals surface area contributed by atoms with Crippen molar-refractivity contribution in [3.8, 4) is 0 Å². The number of halogens is 3. The van der Waals surface area contributed by atoms with Crippen molar-refractivity contribution in [1.29, 1.82) is 0 Å². The lowest BCUT2D eigenvalue weighted by atomic mass is 10.0. The third-order valence-electron chi connectivity index (χ3n) is 2.69. The molecule has 0 aliphatic carbocycles. The Kier molecular flexibility index (Phi) is 4.56. The van der Waals surface area contributed by atoms with Crippen LogP contribution in [0.5, 0.6) is 0 Å². The van der Waals surface area contributed by atoms with E-state index in [4.69, 9.17) is 23.2 Å². The molecule has 0 aromatic heterocycles. The van der Waals surface area contributed by atoms with Crippen LogP contribution in [0.25, 0.3) is 0 Å². The predicted molar refractivity (Wildman–Crippen MR) is 75.3 cm³/mol. The molecular formula is C15H11Cl2FO. The van der Waals surface area contributed by atoms with Crippen molar-refractivity contribution in [2.75, 3.05) is 0 Å². The van der Waals surface area contributed by atoms with Crippen molar-refractivity contribution in [3.63, 3.8) is 0 Å². The molecule has 0 heterocycles. The summed E-state index contributed by atoms with van der Waals surface area (Å²) in [5.74, 6) is -0.518. The largest absolute Gasteiger partial charge is 0.299 e. The van der Waals surface area contributed by atoms with E-state index in [0.29, 0.717) is 15.6 Å². The molecule has 2 rings (SSSR count). The number of carbonyl (C=O) groups excluding carboxylic acids is 1. The Hall–Kier alpha value is -1.38. The maximum atomic E-state index is 13.6. The van der Waals surface area contributed by atoms with Crippen LogP contribution in [0, 0.1) is 5.82 Å². The first-order valence-electron chi connectivity index (χ1n) is 5.74. The highest BCUT2D eigenvalue weighted by molar-refractivity contribution is 6.30. The van der Waals surface area contributed by atoms with Crippen LogP contribution < -0.4 is 0 Å². The Bertz CT molecular complexity index is 611. The molecule has 0 atom stereocenters. The quantitative estimate of drug-likeness (QED) is 0.812. The van der Waals surface area contributed by atoms with Crippen LogP contribution in [-0.2, 0) is 17.6 Å². The summed E-state index contributed by atoms with van der Waals surface area (Å²) < 4.78 is 13.6. The summed E-state index contributed by atoms with van der Waals surface area (Å²) >= 11 is 11.5. The minimum Gasteiger partial charge on any atom is -0.299 e. The van der Waals surface area contributed by atoms with Crippen LogP contribution in [0.2, 0.25) is 10.0 Å². The molecule has 0 amide bonds. The average Bonchev–Trinajstić information content (AvgIpc) is 2.33. The normalized spacial score (nSPS) is 10.5. The highest BCUT2D eigenvalue weighted by atomic mass is 35.5. The lowest BCUT2D eigenvalue weighted by Crippen LogP contribution is -2.07. The SMILES string of the molecule is O=C(Cc1cccc(Cl)c1)Cc1ccc(Cl)cc1F. The fourth-order valence-electron chi connectivity index (χ4n) is 1.81. The molecular weight excluding hydrogens is 286 g/mol. The number of hydrogen-bond donors (Lipinski definition) is 0. The van der Waals surface area contributed by atoms with Crippen LogP contribution >= 0.6 is 23.2 Å². The summed E-state index contributed by atoms with van der Waals surface area (Å²) in [4.78, 5) is 11.9. The maximum absolute atomic E-state index is 13.6. The molecule has 0 unspecified atom stereocenters. The molecule has 0 spiro atoms. The van der Waals surface area contributed by atoms with Gasteiger partial charge in [-0.3, -0.25) is 4.79 Å². The van der Waals surface area contributed by atoms with Gasteiger partial charge in [0.1, 0.15) is 11.6 Å². The predicted octanol–water partition coefficient (Wildman–Crippen LogP) is 4.49. The summed E-state index contributed by atoms with van der Waals surface area (Å²) in [5, 5.41) is 0.909. The summed E-state index contributed by atoms with van der Waals surface area (Å²) in [7, 11) is 0. The van der Waals surface area contributed by atoms with Gasteiger partial charge in [0.2, 0.25) is 0 Å². The number of benzene rings is 2. The second-order valence-electron chi connectivity index (χ2n) is 4.26. The molecule has 0 aliphatic heterocycles. The molecule has 2 aromatic carbocycles. The minimum atomic E-state index is -0.452. The molecule has 98 valence electrons. The third-order valence-corrected chi connectivity index (χ3v) is 3.16. The number of hydrogen-bond acceptors (Lipinski definition) is 1. The molecule has 2 aromatic rings. The van der Waals surface area contributed by atoms with Crippen molar-refractivity contribution in [2.24, 2.45) is 0 Å². The van der Waals surface area contributed by atoms with Crippen LogP contribution in [0.1, 0.15) is 11.1 Å². The van der Waals surface area contributed by atoms with Gasteiger partial charge in [-0.1, -0.05) is 41.4 Å². The van der Waals surface area contributed by atoms with Gasteiger partial charge in [-0.2, -0.15) is 0 Å². The summed E-state index contributed by atoms with van der Waals surface area (Å²) in [6, 6.07) is 11.4. The second kappa shape index (κ2) is 6.18. The monoisotopic (exact) mass is 296 g/mol. The lowest BCUT2D eigenvalue weighted by Gasteiger charge is -2.04. The zero-order chi connectivity index (χ0) is 13.8. The standard InChI is InChI=1S/C15H11Cl2FO/c16-12-3-1-2-10(6-12)7-14(19)8-11-4-5-13(17)9-15(11)18/h1-6,9H,7-8H2. The molecule has 19 heavy (non-hydrogen) atoms. The molecule has 0 saturated heterocycles. The summed E-state index contributed by atoms with van der Waals surface area (Å²) in [5.41, 5.74) is 1.18. The van der Waals surface area contributed by atoms with Gasteiger partial charge in [-0.25, -0.2) is 4.39 Å². The van der Waals surface area contributed by atoms with Crippen LogP contribution in [0.3, 0.4) is 0 Å².